The second-order valence-electron chi connectivity index (χ2n) is 5.86. The molecule has 1 aliphatic heterocycles. The fraction of sp³-hybridized carbons (Fsp3) is 0.588. The maximum Gasteiger partial charge on any atom is 0.320 e. The topological polar surface area (TPSA) is 49.8 Å². The lowest BCUT2D eigenvalue weighted by Gasteiger charge is -2.26. The number of nitrogens with zero attached hydrogens (tertiary/aromatic N) is 1. The predicted octanol–water partition coefficient (Wildman–Crippen LogP) is 3.01. The number of hydrogen-bond donors (Lipinski definition) is 1. The fourth-order valence-corrected chi connectivity index (χ4v) is 2.85. The number of rotatable bonds is 5. The van der Waals surface area contributed by atoms with E-state index < -0.39 is 5.97 Å². The summed E-state index contributed by atoms with van der Waals surface area (Å²) in [4.78, 5) is 13.4. The van der Waals surface area contributed by atoms with Gasteiger partial charge < -0.3 is 9.84 Å². The number of aliphatic carboxylic acids is 1. The number of benzene rings is 1. The van der Waals surface area contributed by atoms with Crippen molar-refractivity contribution in [1.82, 2.24) is 4.90 Å². The maximum absolute atomic E-state index is 11.4. The zero-order valence-electron chi connectivity index (χ0n) is 13.0. The number of hydrogen-bond acceptors (Lipinski definition) is 3. The van der Waals surface area contributed by atoms with Gasteiger partial charge in [0.05, 0.1) is 0 Å². The molecule has 1 fully saturated rings. The first-order valence-corrected chi connectivity index (χ1v) is 7.75. The predicted molar refractivity (Wildman–Crippen MR) is 82.9 cm³/mol. The van der Waals surface area contributed by atoms with Crippen LogP contribution in [0.25, 0.3) is 0 Å². The lowest BCUT2D eigenvalue weighted by Crippen LogP contribution is -2.42. The highest BCUT2D eigenvalue weighted by Gasteiger charge is 2.26. The first-order valence-electron chi connectivity index (χ1n) is 7.75. The molecule has 0 bridgehead atoms. The molecule has 1 aliphatic rings. The third kappa shape index (κ3) is 4.46. The van der Waals surface area contributed by atoms with Crippen molar-refractivity contribution in [2.75, 3.05) is 19.7 Å². The molecule has 21 heavy (non-hydrogen) atoms. The van der Waals surface area contributed by atoms with Gasteiger partial charge in [-0.05, 0) is 50.4 Å². The van der Waals surface area contributed by atoms with Crippen LogP contribution < -0.4 is 4.74 Å². The Bertz CT molecular complexity index is 487. The van der Waals surface area contributed by atoms with Crippen LogP contribution in [0.4, 0.5) is 0 Å². The first-order chi connectivity index (χ1) is 10.1. The van der Waals surface area contributed by atoms with E-state index in [9.17, 15) is 9.90 Å². The second-order valence-corrected chi connectivity index (χ2v) is 5.86. The molecule has 4 heteroatoms. The highest BCUT2D eigenvalue weighted by molar-refractivity contribution is 5.73. The van der Waals surface area contributed by atoms with Gasteiger partial charge in [0.1, 0.15) is 18.4 Å². The van der Waals surface area contributed by atoms with E-state index in [1.54, 1.807) is 0 Å². The van der Waals surface area contributed by atoms with Gasteiger partial charge in [-0.25, -0.2) is 0 Å². The van der Waals surface area contributed by atoms with E-state index in [1.807, 2.05) is 19.9 Å². The lowest BCUT2D eigenvalue weighted by molar-refractivity contribution is -0.143. The molecule has 1 aromatic carbocycles. The van der Waals surface area contributed by atoms with E-state index in [0.29, 0.717) is 13.2 Å². The molecule has 1 saturated heterocycles. The Labute approximate surface area is 126 Å². The molecule has 1 N–H and O–H groups in total. The average molecular weight is 291 g/mol. The summed E-state index contributed by atoms with van der Waals surface area (Å²) in [5.41, 5.74) is 2.29. The lowest BCUT2D eigenvalue weighted by atomic mass is 10.1. The van der Waals surface area contributed by atoms with Gasteiger partial charge in [-0.1, -0.05) is 25.0 Å². The van der Waals surface area contributed by atoms with Crippen molar-refractivity contribution in [2.24, 2.45) is 0 Å². The van der Waals surface area contributed by atoms with Crippen molar-refractivity contribution in [3.05, 3.63) is 29.3 Å². The van der Waals surface area contributed by atoms with E-state index in [2.05, 4.69) is 17.0 Å². The summed E-state index contributed by atoms with van der Waals surface area (Å²) in [5.74, 6) is 0.195. The molecule has 1 unspecified atom stereocenters. The standard InChI is InChI=1S/C17H25NO3/c1-13-7-8-14(2)16(12-13)21-11-10-18-9-5-3-4-6-15(18)17(19)20/h7-8,12,15H,3-6,9-11H2,1-2H3,(H,19,20). The monoisotopic (exact) mass is 291 g/mol. The molecular formula is C17H25NO3. The second kappa shape index (κ2) is 7.46. The minimum Gasteiger partial charge on any atom is -0.492 e. The zero-order chi connectivity index (χ0) is 15.2. The molecule has 0 saturated carbocycles. The average Bonchev–Trinajstić information content (AvgIpc) is 2.68. The van der Waals surface area contributed by atoms with Gasteiger partial charge in [-0.3, -0.25) is 9.69 Å². The van der Waals surface area contributed by atoms with Gasteiger partial charge in [-0.15, -0.1) is 0 Å². The summed E-state index contributed by atoms with van der Waals surface area (Å²) in [6.45, 7) is 6.13. The molecule has 0 aliphatic carbocycles. The van der Waals surface area contributed by atoms with E-state index in [1.165, 1.54) is 5.56 Å². The number of carboxylic acids is 1. The van der Waals surface area contributed by atoms with Gasteiger partial charge >= 0.3 is 5.97 Å². The summed E-state index contributed by atoms with van der Waals surface area (Å²) in [7, 11) is 0. The molecule has 1 atom stereocenters. The molecule has 1 heterocycles. The Morgan fingerprint density at radius 3 is 2.90 bits per heavy atom. The molecular weight excluding hydrogens is 266 g/mol. The molecule has 0 amide bonds. The van der Waals surface area contributed by atoms with E-state index in [-0.39, 0.29) is 6.04 Å². The third-order valence-corrected chi connectivity index (χ3v) is 4.13. The molecule has 0 radical (unpaired) electrons. The summed E-state index contributed by atoms with van der Waals surface area (Å²) < 4.78 is 5.85. The van der Waals surface area contributed by atoms with Crippen molar-refractivity contribution in [3.63, 3.8) is 0 Å². The van der Waals surface area contributed by atoms with Gasteiger partial charge in [0.15, 0.2) is 0 Å². The van der Waals surface area contributed by atoms with Crippen molar-refractivity contribution in [2.45, 2.75) is 45.6 Å². The highest BCUT2D eigenvalue weighted by atomic mass is 16.5. The molecule has 4 nitrogen and oxygen atoms in total. The van der Waals surface area contributed by atoms with E-state index in [0.717, 1.165) is 43.5 Å². The number of likely N-dealkylation sites (tertiary alicyclic amines) is 1. The number of ether oxygens (including phenoxy) is 1. The number of carboxylic acid groups (broad SMARTS) is 1. The van der Waals surface area contributed by atoms with Gasteiger partial charge in [0.2, 0.25) is 0 Å². The SMILES string of the molecule is Cc1ccc(C)c(OCCN2CCCCCC2C(=O)O)c1. The van der Waals surface area contributed by atoms with Crippen LogP contribution in [0.1, 0.15) is 36.8 Å². The van der Waals surface area contributed by atoms with Crippen LogP contribution in [0.2, 0.25) is 0 Å². The van der Waals surface area contributed by atoms with E-state index in [4.69, 9.17) is 4.74 Å². The minimum absolute atomic E-state index is 0.352. The Kier molecular flexibility index (Phi) is 5.62. The minimum atomic E-state index is -0.705. The normalized spacial score (nSPS) is 20.0. The van der Waals surface area contributed by atoms with Crippen LogP contribution in [0.15, 0.2) is 18.2 Å². The highest BCUT2D eigenvalue weighted by Crippen LogP contribution is 2.20. The summed E-state index contributed by atoms with van der Waals surface area (Å²) in [6.07, 6.45) is 3.95. The zero-order valence-corrected chi connectivity index (χ0v) is 13.0. The summed E-state index contributed by atoms with van der Waals surface area (Å²) in [6, 6.07) is 5.80. The Morgan fingerprint density at radius 2 is 2.14 bits per heavy atom. The molecule has 116 valence electrons. The van der Waals surface area contributed by atoms with Gasteiger partial charge in [0.25, 0.3) is 0 Å². The quantitative estimate of drug-likeness (QED) is 0.906. The van der Waals surface area contributed by atoms with Gasteiger partial charge in [-0.2, -0.15) is 0 Å². The van der Waals surface area contributed by atoms with Crippen LogP contribution in [-0.2, 0) is 4.79 Å². The van der Waals surface area contributed by atoms with Crippen molar-refractivity contribution in [3.8, 4) is 5.75 Å². The molecule has 2 rings (SSSR count). The van der Waals surface area contributed by atoms with Crippen LogP contribution in [-0.4, -0.2) is 41.7 Å². The van der Waals surface area contributed by atoms with Crippen LogP contribution >= 0.6 is 0 Å². The Hall–Kier alpha value is -1.55. The Balaban J connectivity index is 1.91. The summed E-state index contributed by atoms with van der Waals surface area (Å²) >= 11 is 0. The van der Waals surface area contributed by atoms with Gasteiger partial charge in [0, 0.05) is 6.54 Å². The fourth-order valence-electron chi connectivity index (χ4n) is 2.85. The van der Waals surface area contributed by atoms with E-state index >= 15 is 0 Å². The summed E-state index contributed by atoms with van der Waals surface area (Å²) in [5, 5.41) is 9.35. The smallest absolute Gasteiger partial charge is 0.320 e. The van der Waals surface area contributed by atoms with Crippen LogP contribution in [0.5, 0.6) is 5.75 Å². The molecule has 1 aromatic rings. The van der Waals surface area contributed by atoms with Crippen LogP contribution in [0, 0.1) is 13.8 Å². The third-order valence-electron chi connectivity index (χ3n) is 4.13. The van der Waals surface area contributed by atoms with Crippen molar-refractivity contribution >= 4 is 5.97 Å². The first kappa shape index (κ1) is 15.8. The largest absolute Gasteiger partial charge is 0.492 e. The number of aryl methyl sites for hydroxylation is 2. The number of carbonyl (C=O) groups is 1. The Morgan fingerprint density at radius 1 is 1.33 bits per heavy atom. The van der Waals surface area contributed by atoms with Crippen molar-refractivity contribution in [1.29, 1.82) is 0 Å². The molecule has 0 aromatic heterocycles. The van der Waals surface area contributed by atoms with Crippen LogP contribution in [0.3, 0.4) is 0 Å². The maximum atomic E-state index is 11.4. The van der Waals surface area contributed by atoms with Crippen molar-refractivity contribution < 1.29 is 14.6 Å². The molecule has 0 spiro atoms.